The van der Waals surface area contributed by atoms with Gasteiger partial charge >= 0.3 is 0 Å². The predicted octanol–water partition coefficient (Wildman–Crippen LogP) is 5.43. The van der Waals surface area contributed by atoms with Gasteiger partial charge in [-0.25, -0.2) is 0 Å². The summed E-state index contributed by atoms with van der Waals surface area (Å²) in [6, 6.07) is 11.3. The molecule has 0 spiro atoms. The fraction of sp³-hybridized carbons (Fsp3) is 0.368. The van der Waals surface area contributed by atoms with Crippen LogP contribution in [0.5, 0.6) is 0 Å². The lowest BCUT2D eigenvalue weighted by Crippen LogP contribution is -2.22. The molecule has 2 rings (SSSR count). The molecule has 1 nitrogen and oxygen atoms in total. The Morgan fingerprint density at radius 3 is 2.29 bits per heavy atom. The van der Waals surface area contributed by atoms with E-state index in [1.165, 1.54) is 27.8 Å². The molecule has 0 radical (unpaired) electrons. The van der Waals surface area contributed by atoms with E-state index in [0.717, 1.165) is 17.1 Å². The number of rotatable bonds is 4. The molecule has 0 aliphatic rings. The van der Waals surface area contributed by atoms with Gasteiger partial charge in [0.15, 0.2) is 0 Å². The Balaban J connectivity index is 2.51. The average Bonchev–Trinajstić information content (AvgIpc) is 2.41. The minimum Gasteiger partial charge on any atom is -0.310 e. The average molecular weight is 302 g/mol. The first-order valence-corrected chi connectivity index (χ1v) is 7.86. The Bertz CT molecular complexity index is 644. The molecule has 0 amide bonds. The van der Waals surface area contributed by atoms with Crippen molar-refractivity contribution in [2.75, 3.05) is 0 Å². The smallest absolute Gasteiger partial charge is 0.0487 e. The first kappa shape index (κ1) is 16.1. The summed E-state index contributed by atoms with van der Waals surface area (Å²) in [7, 11) is 0. The van der Waals surface area contributed by atoms with Crippen LogP contribution >= 0.6 is 11.6 Å². The summed E-state index contributed by atoms with van der Waals surface area (Å²) < 4.78 is 0. The maximum Gasteiger partial charge on any atom is 0.0487 e. The monoisotopic (exact) mass is 301 g/mol. The molecule has 0 saturated carbocycles. The molecule has 0 fully saturated rings. The van der Waals surface area contributed by atoms with Gasteiger partial charge < -0.3 is 5.32 Å². The Morgan fingerprint density at radius 1 is 0.952 bits per heavy atom. The number of aryl methyl sites for hydroxylation is 3. The summed E-state index contributed by atoms with van der Waals surface area (Å²) >= 11 is 6.50. The van der Waals surface area contributed by atoms with Crippen LogP contribution in [0, 0.1) is 20.8 Å². The van der Waals surface area contributed by atoms with Gasteiger partial charge in [0.2, 0.25) is 0 Å². The van der Waals surface area contributed by atoms with E-state index >= 15 is 0 Å². The van der Waals surface area contributed by atoms with Gasteiger partial charge in [0.1, 0.15) is 0 Å². The highest BCUT2D eigenvalue weighted by Crippen LogP contribution is 2.33. The Hall–Kier alpha value is -1.31. The normalized spacial score (nSPS) is 11.2. The summed E-state index contributed by atoms with van der Waals surface area (Å²) in [5, 5.41) is 4.32. The summed E-state index contributed by atoms with van der Waals surface area (Å²) in [5.74, 6) is 0. The van der Waals surface area contributed by atoms with Crippen LogP contribution in [0.1, 0.15) is 36.1 Å². The van der Waals surface area contributed by atoms with Crippen molar-refractivity contribution in [1.29, 1.82) is 0 Å². The van der Waals surface area contributed by atoms with Gasteiger partial charge in [0, 0.05) is 23.2 Å². The van der Waals surface area contributed by atoms with Crippen LogP contribution in [0.4, 0.5) is 0 Å². The molecular weight excluding hydrogens is 278 g/mol. The Labute approximate surface area is 133 Å². The van der Waals surface area contributed by atoms with Gasteiger partial charge in [-0.1, -0.05) is 49.2 Å². The van der Waals surface area contributed by atoms with E-state index in [0.29, 0.717) is 6.04 Å². The predicted molar refractivity (Wildman–Crippen MR) is 93.1 cm³/mol. The van der Waals surface area contributed by atoms with E-state index < -0.39 is 0 Å². The molecule has 0 aliphatic heterocycles. The van der Waals surface area contributed by atoms with Crippen molar-refractivity contribution in [3.8, 4) is 11.1 Å². The van der Waals surface area contributed by atoms with E-state index in [4.69, 9.17) is 11.6 Å². The maximum atomic E-state index is 6.50. The van der Waals surface area contributed by atoms with Gasteiger partial charge in [-0.2, -0.15) is 0 Å². The number of benzene rings is 2. The number of nitrogens with one attached hydrogen (secondary N) is 1. The molecule has 112 valence electrons. The van der Waals surface area contributed by atoms with E-state index in [9.17, 15) is 0 Å². The van der Waals surface area contributed by atoms with Crippen molar-refractivity contribution < 1.29 is 0 Å². The molecule has 0 unspecified atom stereocenters. The fourth-order valence-electron chi connectivity index (χ4n) is 2.40. The van der Waals surface area contributed by atoms with Crippen molar-refractivity contribution in [1.82, 2.24) is 5.32 Å². The molecule has 2 aromatic rings. The molecule has 0 atom stereocenters. The molecule has 0 bridgehead atoms. The van der Waals surface area contributed by atoms with Gasteiger partial charge in [-0.15, -0.1) is 0 Å². The molecule has 1 N–H and O–H groups in total. The number of hydrogen-bond acceptors (Lipinski definition) is 1. The molecule has 21 heavy (non-hydrogen) atoms. The van der Waals surface area contributed by atoms with E-state index in [1.807, 2.05) is 0 Å². The Kier molecular flexibility index (Phi) is 5.08. The molecule has 0 saturated heterocycles. The second kappa shape index (κ2) is 6.64. The zero-order chi connectivity index (χ0) is 15.6. The van der Waals surface area contributed by atoms with E-state index in [-0.39, 0.29) is 0 Å². The minimum absolute atomic E-state index is 0.467. The third-order valence-corrected chi connectivity index (χ3v) is 4.15. The van der Waals surface area contributed by atoms with Crippen LogP contribution in [0.25, 0.3) is 11.1 Å². The second-order valence-corrected chi connectivity index (χ2v) is 6.52. The molecule has 0 aliphatic carbocycles. The highest BCUT2D eigenvalue weighted by atomic mass is 35.5. The fourth-order valence-corrected chi connectivity index (χ4v) is 2.72. The van der Waals surface area contributed by atoms with Gasteiger partial charge in [-0.05, 0) is 55.2 Å². The summed E-state index contributed by atoms with van der Waals surface area (Å²) in [5.41, 5.74) is 7.42. The summed E-state index contributed by atoms with van der Waals surface area (Å²) in [6.07, 6.45) is 0. The number of hydrogen-bond donors (Lipinski definition) is 1. The third-order valence-electron chi connectivity index (χ3n) is 3.84. The maximum absolute atomic E-state index is 6.50. The van der Waals surface area contributed by atoms with Crippen LogP contribution < -0.4 is 5.32 Å². The van der Waals surface area contributed by atoms with Crippen LogP contribution in [-0.2, 0) is 6.54 Å². The lowest BCUT2D eigenvalue weighted by atomic mass is 9.94. The molecule has 0 aromatic heterocycles. The highest BCUT2D eigenvalue weighted by molar-refractivity contribution is 6.33. The summed E-state index contributed by atoms with van der Waals surface area (Å²) in [4.78, 5) is 0. The zero-order valence-electron chi connectivity index (χ0n) is 13.5. The van der Waals surface area contributed by atoms with Crippen molar-refractivity contribution in [2.45, 2.75) is 47.2 Å². The lowest BCUT2D eigenvalue weighted by Gasteiger charge is -2.16. The molecule has 2 heteroatoms. The van der Waals surface area contributed by atoms with E-state index in [1.54, 1.807) is 0 Å². The van der Waals surface area contributed by atoms with E-state index in [2.05, 4.69) is 70.3 Å². The lowest BCUT2D eigenvalue weighted by molar-refractivity contribution is 0.589. The van der Waals surface area contributed by atoms with Crippen molar-refractivity contribution in [3.63, 3.8) is 0 Å². The van der Waals surface area contributed by atoms with Gasteiger partial charge in [-0.3, -0.25) is 0 Å². The largest absolute Gasteiger partial charge is 0.310 e. The number of halogens is 1. The quantitative estimate of drug-likeness (QED) is 0.794. The second-order valence-electron chi connectivity index (χ2n) is 6.11. The van der Waals surface area contributed by atoms with Crippen LogP contribution in [0.2, 0.25) is 5.02 Å². The molecule has 2 aromatic carbocycles. The highest BCUT2D eigenvalue weighted by Gasteiger charge is 2.11. The van der Waals surface area contributed by atoms with Crippen LogP contribution in [0.3, 0.4) is 0 Å². The first-order chi connectivity index (χ1) is 9.88. The molecule has 0 heterocycles. The zero-order valence-corrected chi connectivity index (χ0v) is 14.3. The van der Waals surface area contributed by atoms with Crippen LogP contribution in [0.15, 0.2) is 30.3 Å². The van der Waals surface area contributed by atoms with Crippen molar-refractivity contribution in [2.24, 2.45) is 0 Å². The Morgan fingerprint density at radius 2 is 1.62 bits per heavy atom. The first-order valence-electron chi connectivity index (χ1n) is 7.48. The summed E-state index contributed by atoms with van der Waals surface area (Å²) in [6.45, 7) is 11.5. The topological polar surface area (TPSA) is 12.0 Å². The van der Waals surface area contributed by atoms with Crippen molar-refractivity contribution >= 4 is 11.6 Å². The standard InChI is InChI=1S/C19H24ClN/c1-12(2)21-11-16-7-6-13(3)8-17(16)18-9-14(4)15(5)10-19(18)20/h6-10,12,21H,11H2,1-5H3. The third kappa shape index (κ3) is 3.87. The van der Waals surface area contributed by atoms with Gasteiger partial charge in [0.25, 0.3) is 0 Å². The SMILES string of the molecule is Cc1ccc(CNC(C)C)c(-c2cc(C)c(C)cc2Cl)c1. The van der Waals surface area contributed by atoms with Gasteiger partial charge in [0.05, 0.1) is 0 Å². The van der Waals surface area contributed by atoms with Crippen LogP contribution in [-0.4, -0.2) is 6.04 Å². The molecular formula is C19H24ClN. The van der Waals surface area contributed by atoms with Crippen molar-refractivity contribution in [3.05, 3.63) is 57.6 Å². The minimum atomic E-state index is 0.467.